The van der Waals surface area contributed by atoms with Crippen LogP contribution in [-0.2, 0) is 4.79 Å². The Hall–Kier alpha value is -1.39. The molecule has 1 aliphatic carbocycles. The summed E-state index contributed by atoms with van der Waals surface area (Å²) in [6.07, 6.45) is 4.08. The van der Waals surface area contributed by atoms with Gasteiger partial charge in [-0.3, -0.25) is 4.79 Å². The predicted octanol–water partition coefficient (Wildman–Crippen LogP) is 1.74. The Morgan fingerprint density at radius 3 is 2.70 bits per heavy atom. The molecule has 1 aromatic rings. The van der Waals surface area contributed by atoms with Gasteiger partial charge in [-0.25, -0.2) is 0 Å². The van der Waals surface area contributed by atoms with E-state index in [-0.39, 0.29) is 30.4 Å². The Kier molecular flexibility index (Phi) is 5.56. The molecule has 2 rings (SSSR count). The van der Waals surface area contributed by atoms with Crippen molar-refractivity contribution in [2.45, 2.75) is 44.2 Å². The number of benzene rings is 1. The first-order valence-corrected chi connectivity index (χ1v) is 7.42. The van der Waals surface area contributed by atoms with Crippen molar-refractivity contribution in [1.82, 2.24) is 5.32 Å². The molecule has 1 aromatic carbocycles. The number of aliphatic hydroxyl groups excluding tert-OH is 1. The number of carbonyl (C=O) groups excluding carboxylic acids is 1. The molecule has 20 heavy (non-hydrogen) atoms. The maximum Gasteiger partial charge on any atom is 0.221 e. The quantitative estimate of drug-likeness (QED) is 0.767. The molecule has 1 saturated carbocycles. The van der Waals surface area contributed by atoms with Crippen LogP contribution in [0.15, 0.2) is 30.3 Å². The van der Waals surface area contributed by atoms with Gasteiger partial charge in [0.25, 0.3) is 0 Å². The van der Waals surface area contributed by atoms with Crippen LogP contribution in [0, 0.1) is 5.92 Å². The molecule has 0 bridgehead atoms. The topological polar surface area (TPSA) is 75.4 Å². The van der Waals surface area contributed by atoms with Crippen molar-refractivity contribution >= 4 is 5.91 Å². The van der Waals surface area contributed by atoms with Crippen molar-refractivity contribution in [3.05, 3.63) is 35.9 Å². The fourth-order valence-electron chi connectivity index (χ4n) is 2.76. The number of aliphatic hydroxyl groups is 1. The van der Waals surface area contributed by atoms with Crippen molar-refractivity contribution < 1.29 is 9.90 Å². The third-order valence-electron chi connectivity index (χ3n) is 4.06. The maximum absolute atomic E-state index is 11.9. The highest BCUT2D eigenvalue weighted by atomic mass is 16.3. The van der Waals surface area contributed by atoms with E-state index in [4.69, 9.17) is 5.73 Å². The van der Waals surface area contributed by atoms with Crippen molar-refractivity contribution in [1.29, 1.82) is 0 Å². The van der Waals surface area contributed by atoms with E-state index in [9.17, 15) is 9.90 Å². The summed E-state index contributed by atoms with van der Waals surface area (Å²) in [6, 6.07) is 9.37. The summed E-state index contributed by atoms with van der Waals surface area (Å²) in [5, 5.41) is 12.8. The lowest BCUT2D eigenvalue weighted by atomic mass is 9.86. The summed E-state index contributed by atoms with van der Waals surface area (Å²) in [6.45, 7) is 0.557. The molecule has 0 aliphatic heterocycles. The molecule has 3 atom stereocenters. The van der Waals surface area contributed by atoms with Crippen molar-refractivity contribution in [2.24, 2.45) is 11.7 Å². The summed E-state index contributed by atoms with van der Waals surface area (Å²) in [7, 11) is 0. The fraction of sp³-hybridized carbons (Fsp3) is 0.562. The van der Waals surface area contributed by atoms with E-state index >= 15 is 0 Å². The molecule has 0 saturated heterocycles. The van der Waals surface area contributed by atoms with Gasteiger partial charge in [0.05, 0.1) is 6.10 Å². The van der Waals surface area contributed by atoms with Crippen molar-refractivity contribution in [3.8, 4) is 0 Å². The summed E-state index contributed by atoms with van der Waals surface area (Å²) in [5.41, 5.74) is 6.99. The van der Waals surface area contributed by atoms with Gasteiger partial charge in [-0.1, -0.05) is 43.2 Å². The molecule has 0 aromatic heterocycles. The Morgan fingerprint density at radius 2 is 2.00 bits per heavy atom. The van der Waals surface area contributed by atoms with Crippen LogP contribution in [0.2, 0.25) is 0 Å². The lowest BCUT2D eigenvalue weighted by molar-refractivity contribution is -0.121. The van der Waals surface area contributed by atoms with E-state index < -0.39 is 0 Å². The molecule has 1 aliphatic rings. The molecular formula is C16H24N2O2. The Balaban J connectivity index is 1.75. The van der Waals surface area contributed by atoms with Crippen LogP contribution >= 0.6 is 0 Å². The van der Waals surface area contributed by atoms with Gasteiger partial charge in [-0.2, -0.15) is 0 Å². The second-order valence-electron chi connectivity index (χ2n) is 5.64. The molecule has 4 nitrogen and oxygen atoms in total. The first-order valence-electron chi connectivity index (χ1n) is 7.42. The van der Waals surface area contributed by atoms with Crippen LogP contribution < -0.4 is 11.1 Å². The Morgan fingerprint density at radius 1 is 1.30 bits per heavy atom. The number of nitrogens with two attached hydrogens (primary N) is 1. The van der Waals surface area contributed by atoms with Crippen LogP contribution in [0.3, 0.4) is 0 Å². The molecule has 0 radical (unpaired) electrons. The minimum absolute atomic E-state index is 0.0425. The minimum Gasteiger partial charge on any atom is -0.393 e. The lowest BCUT2D eigenvalue weighted by Gasteiger charge is -2.27. The maximum atomic E-state index is 11.9. The molecule has 110 valence electrons. The summed E-state index contributed by atoms with van der Waals surface area (Å²) in [4.78, 5) is 11.9. The highest BCUT2D eigenvalue weighted by molar-refractivity contribution is 5.76. The average Bonchev–Trinajstić information content (AvgIpc) is 2.47. The van der Waals surface area contributed by atoms with E-state index in [0.29, 0.717) is 6.54 Å². The van der Waals surface area contributed by atoms with Gasteiger partial charge in [0, 0.05) is 24.9 Å². The molecule has 0 spiro atoms. The molecule has 3 unspecified atom stereocenters. The van der Waals surface area contributed by atoms with Gasteiger partial charge < -0.3 is 16.2 Å². The first-order chi connectivity index (χ1) is 9.66. The van der Waals surface area contributed by atoms with E-state index in [0.717, 1.165) is 31.2 Å². The second-order valence-corrected chi connectivity index (χ2v) is 5.64. The van der Waals surface area contributed by atoms with Gasteiger partial charge in [-0.05, 0) is 18.4 Å². The zero-order chi connectivity index (χ0) is 14.4. The number of hydrogen-bond donors (Lipinski definition) is 3. The van der Waals surface area contributed by atoms with Crippen molar-refractivity contribution in [3.63, 3.8) is 0 Å². The van der Waals surface area contributed by atoms with E-state index in [1.54, 1.807) is 0 Å². The Bertz CT molecular complexity index is 422. The second kappa shape index (κ2) is 7.41. The largest absolute Gasteiger partial charge is 0.393 e. The molecule has 0 heterocycles. The highest BCUT2D eigenvalue weighted by Gasteiger charge is 2.23. The predicted molar refractivity (Wildman–Crippen MR) is 79.0 cm³/mol. The van der Waals surface area contributed by atoms with Gasteiger partial charge in [0.2, 0.25) is 5.91 Å². The molecular weight excluding hydrogens is 252 g/mol. The summed E-state index contributed by atoms with van der Waals surface area (Å²) >= 11 is 0. The monoisotopic (exact) mass is 276 g/mol. The average molecular weight is 276 g/mol. The lowest BCUT2D eigenvalue weighted by Crippen LogP contribution is -2.37. The normalized spacial score (nSPS) is 24.1. The summed E-state index contributed by atoms with van der Waals surface area (Å²) in [5.74, 6) is 0.153. The third-order valence-corrected chi connectivity index (χ3v) is 4.06. The molecule has 4 heteroatoms. The van der Waals surface area contributed by atoms with Crippen LogP contribution in [0.4, 0.5) is 0 Å². The van der Waals surface area contributed by atoms with Gasteiger partial charge in [-0.15, -0.1) is 0 Å². The zero-order valence-corrected chi connectivity index (χ0v) is 11.8. The zero-order valence-electron chi connectivity index (χ0n) is 11.8. The number of hydrogen-bond acceptors (Lipinski definition) is 3. The van der Waals surface area contributed by atoms with Crippen LogP contribution in [0.25, 0.3) is 0 Å². The van der Waals surface area contributed by atoms with E-state index in [1.165, 1.54) is 0 Å². The smallest absolute Gasteiger partial charge is 0.221 e. The van der Waals surface area contributed by atoms with Crippen LogP contribution in [-0.4, -0.2) is 23.7 Å². The number of amides is 1. The van der Waals surface area contributed by atoms with Gasteiger partial charge in [0.15, 0.2) is 0 Å². The Labute approximate surface area is 120 Å². The van der Waals surface area contributed by atoms with Gasteiger partial charge >= 0.3 is 0 Å². The van der Waals surface area contributed by atoms with E-state index in [1.807, 2.05) is 30.3 Å². The third kappa shape index (κ3) is 4.32. The minimum atomic E-state index is -0.271. The molecule has 1 fully saturated rings. The number of nitrogens with one attached hydrogen (secondary N) is 1. The van der Waals surface area contributed by atoms with Crippen LogP contribution in [0.1, 0.15) is 43.7 Å². The van der Waals surface area contributed by atoms with E-state index in [2.05, 4.69) is 5.32 Å². The molecule has 4 N–H and O–H groups in total. The SMILES string of the molecule is NC(CC(=O)NCC1CCCCC1O)c1ccccc1. The summed E-state index contributed by atoms with van der Waals surface area (Å²) < 4.78 is 0. The number of rotatable bonds is 5. The van der Waals surface area contributed by atoms with Crippen molar-refractivity contribution in [2.75, 3.05) is 6.54 Å². The first kappa shape index (κ1) is 15.0. The fourth-order valence-corrected chi connectivity index (χ4v) is 2.76. The molecule has 1 amide bonds. The van der Waals surface area contributed by atoms with Gasteiger partial charge in [0.1, 0.15) is 0 Å². The van der Waals surface area contributed by atoms with Crippen LogP contribution in [0.5, 0.6) is 0 Å². The number of carbonyl (C=O) groups is 1. The standard InChI is InChI=1S/C16H24N2O2/c17-14(12-6-2-1-3-7-12)10-16(20)18-11-13-8-4-5-9-15(13)19/h1-3,6-7,13-15,19H,4-5,8-11,17H2,(H,18,20). The highest BCUT2D eigenvalue weighted by Crippen LogP contribution is 2.23.